The number of unbranched alkanes of at least 4 members (excludes halogenated alkanes) is 2. The molecule has 130 valence electrons. The smallest absolute Gasteiger partial charge is 0.125 e. The molecule has 0 heterocycles. The summed E-state index contributed by atoms with van der Waals surface area (Å²) in [5.74, 6) is 6.67. The Hall–Kier alpha value is 0.440. The summed E-state index contributed by atoms with van der Waals surface area (Å²) < 4.78 is 12.0. The van der Waals surface area contributed by atoms with Gasteiger partial charge in [-0.2, -0.15) is 0 Å². The minimum absolute atomic E-state index is 0.373. The minimum Gasteiger partial charge on any atom is -0.363 e. The third kappa shape index (κ3) is 10.3. The van der Waals surface area contributed by atoms with Crippen LogP contribution >= 0.6 is 31.9 Å². The number of alkyl halides is 2. The highest BCUT2D eigenvalue weighted by Gasteiger charge is 2.23. The monoisotopic (exact) mass is 438 g/mol. The third-order valence-corrected chi connectivity index (χ3v) is 4.96. The zero-order valence-electron chi connectivity index (χ0n) is 14.6. The van der Waals surface area contributed by atoms with E-state index in [1.807, 2.05) is 0 Å². The van der Waals surface area contributed by atoms with Crippen LogP contribution in [0.25, 0.3) is 0 Å². The summed E-state index contributed by atoms with van der Waals surface area (Å²) in [6, 6.07) is 0. The first kappa shape index (κ1) is 22.4. The molecule has 0 aromatic rings. The lowest BCUT2D eigenvalue weighted by Gasteiger charge is -2.26. The van der Waals surface area contributed by atoms with Crippen LogP contribution in [0.4, 0.5) is 0 Å². The largest absolute Gasteiger partial charge is 0.363 e. The van der Waals surface area contributed by atoms with Gasteiger partial charge in [-0.25, -0.2) is 0 Å². The molecule has 2 atom stereocenters. The van der Waals surface area contributed by atoms with Gasteiger partial charge in [-0.3, -0.25) is 0 Å². The van der Waals surface area contributed by atoms with Crippen molar-refractivity contribution in [3.8, 4) is 11.8 Å². The molecule has 0 fully saturated rings. The molecular weight excluding hydrogens is 408 g/mol. The van der Waals surface area contributed by atoms with E-state index >= 15 is 0 Å². The van der Waals surface area contributed by atoms with Crippen LogP contribution in [0.2, 0.25) is 0 Å². The van der Waals surface area contributed by atoms with Crippen LogP contribution in [0.1, 0.15) is 66.2 Å². The number of hydrogen-bond acceptors (Lipinski definition) is 2. The Kier molecular flexibility index (Phi) is 13.1. The summed E-state index contributed by atoms with van der Waals surface area (Å²) >= 11 is 6.89. The zero-order valence-corrected chi connectivity index (χ0v) is 17.8. The molecular formula is C18H32Br2O2. The Morgan fingerprint density at radius 3 is 1.36 bits per heavy atom. The van der Waals surface area contributed by atoms with Gasteiger partial charge in [-0.05, 0) is 52.4 Å². The van der Waals surface area contributed by atoms with Crippen LogP contribution in [0.15, 0.2) is 0 Å². The van der Waals surface area contributed by atoms with E-state index in [9.17, 15) is 0 Å². The zero-order chi connectivity index (χ0) is 16.9. The van der Waals surface area contributed by atoms with Crippen LogP contribution in [-0.2, 0) is 9.47 Å². The van der Waals surface area contributed by atoms with Gasteiger partial charge in [-0.1, -0.05) is 57.5 Å². The van der Waals surface area contributed by atoms with Crippen molar-refractivity contribution >= 4 is 31.9 Å². The average Bonchev–Trinajstić information content (AvgIpc) is 2.54. The maximum Gasteiger partial charge on any atom is 0.125 e. The van der Waals surface area contributed by atoms with E-state index in [0.717, 1.165) is 62.4 Å². The van der Waals surface area contributed by atoms with E-state index in [2.05, 4.69) is 71.4 Å². The fourth-order valence-electron chi connectivity index (χ4n) is 1.71. The fourth-order valence-corrected chi connectivity index (χ4v) is 2.50. The summed E-state index contributed by atoms with van der Waals surface area (Å²) in [6.45, 7) is 9.93. The topological polar surface area (TPSA) is 18.5 Å². The molecule has 0 aliphatic rings. The predicted octanol–water partition coefficient (Wildman–Crippen LogP) is 5.71. The van der Waals surface area contributed by atoms with E-state index in [0.29, 0.717) is 0 Å². The Morgan fingerprint density at radius 1 is 0.727 bits per heavy atom. The molecule has 0 radical (unpaired) electrons. The van der Waals surface area contributed by atoms with Gasteiger partial charge in [0.25, 0.3) is 0 Å². The highest BCUT2D eigenvalue weighted by molar-refractivity contribution is 9.09. The number of hydrogen-bond donors (Lipinski definition) is 0. The molecule has 0 aliphatic heterocycles. The van der Waals surface area contributed by atoms with Crippen LogP contribution in [0.5, 0.6) is 0 Å². The summed E-state index contributed by atoms with van der Waals surface area (Å²) in [5, 5.41) is 2.06. The Bertz CT molecular complexity index is 308. The molecule has 0 saturated heterocycles. The molecule has 4 heteroatoms. The van der Waals surface area contributed by atoms with E-state index < -0.39 is 0 Å². The summed E-state index contributed by atoms with van der Waals surface area (Å²) in [4.78, 5) is 0. The van der Waals surface area contributed by atoms with Gasteiger partial charge in [0.2, 0.25) is 0 Å². The van der Waals surface area contributed by atoms with Gasteiger partial charge in [-0.15, -0.1) is 0 Å². The minimum atomic E-state index is -0.373. The maximum atomic E-state index is 6.01. The van der Waals surface area contributed by atoms with Crippen molar-refractivity contribution in [1.82, 2.24) is 0 Å². The summed E-state index contributed by atoms with van der Waals surface area (Å²) in [7, 11) is 0. The molecule has 0 rings (SSSR count). The first-order valence-corrected chi connectivity index (χ1v) is 10.6. The van der Waals surface area contributed by atoms with Crippen LogP contribution in [-0.4, -0.2) is 35.1 Å². The van der Waals surface area contributed by atoms with E-state index in [-0.39, 0.29) is 11.2 Å². The van der Waals surface area contributed by atoms with E-state index in [4.69, 9.17) is 9.47 Å². The van der Waals surface area contributed by atoms with Crippen LogP contribution in [0.3, 0.4) is 0 Å². The molecule has 0 aliphatic carbocycles. The average molecular weight is 440 g/mol. The van der Waals surface area contributed by atoms with Crippen molar-refractivity contribution in [3.05, 3.63) is 0 Å². The number of rotatable bonds is 12. The van der Waals surface area contributed by atoms with Gasteiger partial charge in [0, 0.05) is 23.9 Å². The lowest BCUT2D eigenvalue weighted by atomic mass is 9.99. The first-order valence-electron chi connectivity index (χ1n) is 8.39. The van der Waals surface area contributed by atoms with Crippen molar-refractivity contribution in [2.75, 3.05) is 23.9 Å². The van der Waals surface area contributed by atoms with Gasteiger partial charge in [0.1, 0.15) is 11.2 Å². The second-order valence-electron chi connectivity index (χ2n) is 5.91. The molecule has 0 aromatic carbocycles. The highest BCUT2D eigenvalue weighted by Crippen LogP contribution is 2.19. The molecule has 2 unspecified atom stereocenters. The number of halogens is 2. The molecule has 0 amide bonds. The van der Waals surface area contributed by atoms with Gasteiger partial charge in [0.05, 0.1) is 0 Å². The van der Waals surface area contributed by atoms with Gasteiger partial charge in [0.15, 0.2) is 0 Å². The fraction of sp³-hybridized carbons (Fsp3) is 0.889. The molecule has 0 bridgehead atoms. The normalized spacial score (nSPS) is 16.5. The Labute approximate surface area is 154 Å². The Morgan fingerprint density at radius 2 is 1.09 bits per heavy atom. The highest BCUT2D eigenvalue weighted by atomic mass is 79.9. The Balaban J connectivity index is 4.56. The van der Waals surface area contributed by atoms with E-state index in [1.165, 1.54) is 0 Å². The van der Waals surface area contributed by atoms with Crippen LogP contribution in [0, 0.1) is 11.8 Å². The lowest BCUT2D eigenvalue weighted by molar-refractivity contribution is 0.000444. The maximum absolute atomic E-state index is 6.01. The number of ether oxygens (including phenoxy) is 2. The van der Waals surface area contributed by atoms with E-state index in [1.54, 1.807) is 0 Å². The van der Waals surface area contributed by atoms with Crippen molar-refractivity contribution in [2.24, 2.45) is 0 Å². The molecule has 2 nitrogen and oxygen atoms in total. The molecule has 0 saturated carbocycles. The first-order chi connectivity index (χ1) is 10.4. The van der Waals surface area contributed by atoms with Crippen molar-refractivity contribution in [3.63, 3.8) is 0 Å². The standard InChI is InChI=1S/C18H32Br2O2/c1-5-17(3,21-15-9-7-13-19)11-12-18(4,6-2)22-16-10-8-14-20/h5-10,13-16H2,1-4H3. The van der Waals surface area contributed by atoms with Crippen LogP contribution < -0.4 is 0 Å². The van der Waals surface area contributed by atoms with Crippen molar-refractivity contribution in [1.29, 1.82) is 0 Å². The molecule has 0 N–H and O–H groups in total. The van der Waals surface area contributed by atoms with Gasteiger partial charge >= 0.3 is 0 Å². The molecule has 22 heavy (non-hydrogen) atoms. The van der Waals surface area contributed by atoms with Gasteiger partial charge < -0.3 is 9.47 Å². The predicted molar refractivity (Wildman–Crippen MR) is 103 cm³/mol. The molecule has 0 spiro atoms. The SMILES string of the molecule is CCC(C)(C#CC(C)(CC)OCCCCBr)OCCCCBr. The molecule has 0 aromatic heterocycles. The third-order valence-electron chi connectivity index (χ3n) is 3.84. The second kappa shape index (κ2) is 12.8. The van der Waals surface area contributed by atoms with Crippen molar-refractivity contribution < 1.29 is 9.47 Å². The lowest BCUT2D eigenvalue weighted by Crippen LogP contribution is -2.30. The summed E-state index contributed by atoms with van der Waals surface area (Å²) in [6.07, 6.45) is 6.18. The quantitative estimate of drug-likeness (QED) is 0.220. The van der Waals surface area contributed by atoms with Crippen molar-refractivity contribution in [2.45, 2.75) is 77.4 Å². The summed E-state index contributed by atoms with van der Waals surface area (Å²) in [5.41, 5.74) is -0.746. The second-order valence-corrected chi connectivity index (χ2v) is 7.49.